The smallest absolute Gasteiger partial charge is 0.101 e. The fourth-order valence-electron chi connectivity index (χ4n) is 1.18. The second-order valence-electron chi connectivity index (χ2n) is 3.07. The van der Waals surface area contributed by atoms with Crippen LogP contribution in [0.2, 0.25) is 0 Å². The molecule has 0 aliphatic carbocycles. The van der Waals surface area contributed by atoms with Gasteiger partial charge in [-0.1, -0.05) is 28.8 Å². The first-order chi connectivity index (χ1) is 7.21. The second kappa shape index (κ2) is 5.44. The highest BCUT2D eigenvalue weighted by Gasteiger charge is 2.06. The third kappa shape index (κ3) is 3.01. The van der Waals surface area contributed by atoms with Gasteiger partial charge >= 0.3 is 0 Å². The molecule has 2 nitrogen and oxygen atoms in total. The summed E-state index contributed by atoms with van der Waals surface area (Å²) in [6.07, 6.45) is 6.18. The molecule has 1 N–H and O–H groups in total. The number of rotatable bonds is 3. The molecule has 0 saturated heterocycles. The van der Waals surface area contributed by atoms with Crippen molar-refractivity contribution in [3.05, 3.63) is 28.2 Å². The average molecular weight is 263 g/mol. The molecule has 1 rings (SSSR count). The van der Waals surface area contributed by atoms with Crippen LogP contribution < -0.4 is 5.32 Å². The van der Waals surface area contributed by atoms with E-state index in [0.29, 0.717) is 5.56 Å². The quantitative estimate of drug-likeness (QED) is 0.850. The van der Waals surface area contributed by atoms with Gasteiger partial charge in [-0.15, -0.1) is 6.42 Å². The van der Waals surface area contributed by atoms with E-state index in [9.17, 15) is 0 Å². The number of anilines is 1. The Labute approximate surface area is 98.4 Å². The van der Waals surface area contributed by atoms with Crippen LogP contribution in [0.5, 0.6) is 0 Å². The van der Waals surface area contributed by atoms with Crippen LogP contribution in [0, 0.1) is 23.7 Å². The Hall–Kier alpha value is -1.45. The standard InChI is InChI=1S/C12H11BrN2/c1-3-11(4-2)15-12-6-5-10(13)7-9(12)8-14/h1,5-7,11,15H,4H2,2H3. The summed E-state index contributed by atoms with van der Waals surface area (Å²) >= 11 is 3.32. The lowest BCUT2D eigenvalue weighted by atomic mass is 10.1. The Morgan fingerprint density at radius 1 is 1.60 bits per heavy atom. The van der Waals surface area contributed by atoms with E-state index in [2.05, 4.69) is 33.2 Å². The molecule has 15 heavy (non-hydrogen) atoms. The van der Waals surface area contributed by atoms with Crippen LogP contribution in [0.3, 0.4) is 0 Å². The van der Waals surface area contributed by atoms with E-state index < -0.39 is 0 Å². The largest absolute Gasteiger partial charge is 0.370 e. The van der Waals surface area contributed by atoms with Gasteiger partial charge in [-0.3, -0.25) is 0 Å². The minimum absolute atomic E-state index is 0.0294. The minimum Gasteiger partial charge on any atom is -0.370 e. The van der Waals surface area contributed by atoms with Crippen molar-refractivity contribution in [1.29, 1.82) is 5.26 Å². The zero-order chi connectivity index (χ0) is 11.3. The van der Waals surface area contributed by atoms with Gasteiger partial charge in [0, 0.05) is 4.47 Å². The Morgan fingerprint density at radius 3 is 2.87 bits per heavy atom. The maximum atomic E-state index is 8.94. The summed E-state index contributed by atoms with van der Waals surface area (Å²) < 4.78 is 0.887. The lowest BCUT2D eigenvalue weighted by Crippen LogP contribution is -2.16. The molecule has 0 aliphatic heterocycles. The topological polar surface area (TPSA) is 35.8 Å². The van der Waals surface area contributed by atoms with Crippen molar-refractivity contribution in [2.45, 2.75) is 19.4 Å². The van der Waals surface area contributed by atoms with E-state index >= 15 is 0 Å². The monoisotopic (exact) mass is 262 g/mol. The summed E-state index contributed by atoms with van der Waals surface area (Å²) in [7, 11) is 0. The Kier molecular flexibility index (Phi) is 4.21. The first-order valence-corrected chi connectivity index (χ1v) is 5.43. The van der Waals surface area contributed by atoms with Crippen molar-refractivity contribution < 1.29 is 0 Å². The van der Waals surface area contributed by atoms with Gasteiger partial charge < -0.3 is 5.32 Å². The van der Waals surface area contributed by atoms with E-state index in [1.54, 1.807) is 6.07 Å². The molecule has 1 unspecified atom stereocenters. The van der Waals surface area contributed by atoms with Crippen LogP contribution in [-0.4, -0.2) is 6.04 Å². The van der Waals surface area contributed by atoms with Gasteiger partial charge in [-0.05, 0) is 24.6 Å². The predicted molar refractivity (Wildman–Crippen MR) is 65.4 cm³/mol. The van der Waals surface area contributed by atoms with Gasteiger partial charge in [0.2, 0.25) is 0 Å². The highest BCUT2D eigenvalue weighted by atomic mass is 79.9. The van der Waals surface area contributed by atoms with Gasteiger partial charge in [0.25, 0.3) is 0 Å². The molecule has 0 radical (unpaired) electrons. The van der Waals surface area contributed by atoms with Crippen LogP contribution in [0.4, 0.5) is 5.69 Å². The van der Waals surface area contributed by atoms with E-state index in [-0.39, 0.29) is 6.04 Å². The first kappa shape index (κ1) is 11.6. The normalized spacial score (nSPS) is 11.2. The van der Waals surface area contributed by atoms with Gasteiger partial charge in [-0.2, -0.15) is 5.26 Å². The molecule has 3 heteroatoms. The summed E-state index contributed by atoms with van der Waals surface area (Å²) in [4.78, 5) is 0. The number of halogens is 1. The minimum atomic E-state index is -0.0294. The molecule has 0 amide bonds. The van der Waals surface area contributed by atoms with Crippen LogP contribution in [-0.2, 0) is 0 Å². The third-order valence-corrected chi connectivity index (χ3v) is 2.53. The zero-order valence-corrected chi connectivity index (χ0v) is 10.0. The number of nitrogens with one attached hydrogen (secondary N) is 1. The van der Waals surface area contributed by atoms with Gasteiger partial charge in [-0.25, -0.2) is 0 Å². The molecule has 0 saturated carbocycles. The van der Waals surface area contributed by atoms with E-state index in [1.165, 1.54) is 0 Å². The summed E-state index contributed by atoms with van der Waals surface area (Å²) in [5.41, 5.74) is 1.38. The highest BCUT2D eigenvalue weighted by Crippen LogP contribution is 2.21. The molecule has 76 valence electrons. The molecule has 1 aromatic carbocycles. The lowest BCUT2D eigenvalue weighted by Gasteiger charge is -2.13. The molecule has 0 bridgehead atoms. The maximum Gasteiger partial charge on any atom is 0.101 e. The predicted octanol–water partition coefficient (Wildman–Crippen LogP) is 3.14. The van der Waals surface area contributed by atoms with E-state index in [1.807, 2.05) is 19.1 Å². The van der Waals surface area contributed by atoms with Gasteiger partial charge in [0.1, 0.15) is 6.07 Å². The van der Waals surface area contributed by atoms with Crippen molar-refractivity contribution >= 4 is 21.6 Å². The average Bonchev–Trinajstić information content (AvgIpc) is 2.27. The number of nitrogens with zero attached hydrogens (tertiary/aromatic N) is 1. The Balaban J connectivity index is 2.96. The molecule has 0 spiro atoms. The molecule has 0 heterocycles. The lowest BCUT2D eigenvalue weighted by molar-refractivity contribution is 0.857. The second-order valence-corrected chi connectivity index (χ2v) is 3.99. The number of hydrogen-bond donors (Lipinski definition) is 1. The van der Waals surface area contributed by atoms with Crippen LogP contribution in [0.1, 0.15) is 18.9 Å². The molecular weight excluding hydrogens is 252 g/mol. The van der Waals surface area contributed by atoms with Crippen molar-refractivity contribution in [2.24, 2.45) is 0 Å². The fraction of sp³-hybridized carbons (Fsp3) is 0.250. The van der Waals surface area contributed by atoms with Gasteiger partial charge in [0.05, 0.1) is 17.3 Å². The summed E-state index contributed by atoms with van der Waals surface area (Å²) in [5.74, 6) is 2.63. The van der Waals surface area contributed by atoms with Crippen molar-refractivity contribution in [3.63, 3.8) is 0 Å². The van der Waals surface area contributed by atoms with Crippen molar-refractivity contribution in [3.8, 4) is 18.4 Å². The summed E-state index contributed by atoms with van der Waals surface area (Å²) in [6, 6.07) is 7.60. The molecule has 0 aliphatic rings. The molecule has 0 fully saturated rings. The third-order valence-electron chi connectivity index (χ3n) is 2.04. The van der Waals surface area contributed by atoms with Crippen molar-refractivity contribution in [2.75, 3.05) is 5.32 Å². The number of hydrogen-bond acceptors (Lipinski definition) is 2. The first-order valence-electron chi connectivity index (χ1n) is 4.63. The number of terminal acetylenes is 1. The van der Waals surface area contributed by atoms with Crippen LogP contribution in [0.25, 0.3) is 0 Å². The van der Waals surface area contributed by atoms with E-state index in [0.717, 1.165) is 16.6 Å². The number of nitriles is 1. The van der Waals surface area contributed by atoms with Crippen molar-refractivity contribution in [1.82, 2.24) is 0 Å². The maximum absolute atomic E-state index is 8.94. The van der Waals surface area contributed by atoms with E-state index in [4.69, 9.17) is 11.7 Å². The Bertz CT molecular complexity index is 426. The zero-order valence-electron chi connectivity index (χ0n) is 8.42. The number of benzene rings is 1. The Morgan fingerprint density at radius 2 is 2.33 bits per heavy atom. The van der Waals surface area contributed by atoms with Gasteiger partial charge in [0.15, 0.2) is 0 Å². The SMILES string of the molecule is C#CC(CC)Nc1ccc(Br)cc1C#N. The molecule has 1 aromatic rings. The summed E-state index contributed by atoms with van der Waals surface area (Å²) in [6.45, 7) is 2.00. The highest BCUT2D eigenvalue weighted by molar-refractivity contribution is 9.10. The van der Waals surface area contributed by atoms with Crippen LogP contribution >= 0.6 is 15.9 Å². The summed E-state index contributed by atoms with van der Waals surface area (Å²) in [5, 5.41) is 12.1. The molecular formula is C12H11BrN2. The van der Waals surface area contributed by atoms with Crippen LogP contribution in [0.15, 0.2) is 22.7 Å². The fourth-order valence-corrected chi connectivity index (χ4v) is 1.55. The molecule has 1 atom stereocenters. The molecule has 0 aromatic heterocycles.